The second-order valence-electron chi connectivity index (χ2n) is 9.96. The van der Waals surface area contributed by atoms with Crippen LogP contribution in [0.1, 0.15) is 58.8 Å². The number of hydrogen-bond donors (Lipinski definition) is 0. The number of carbonyl (C=O) groups is 1. The Bertz CT molecular complexity index is 506. The van der Waals surface area contributed by atoms with Crippen LogP contribution in [0, 0.1) is 29.1 Å². The van der Waals surface area contributed by atoms with Gasteiger partial charge >= 0.3 is 0 Å². The van der Waals surface area contributed by atoms with Gasteiger partial charge in [0.25, 0.3) is 0 Å². The Labute approximate surface area is 149 Å². The first kappa shape index (κ1) is 18.4. The van der Waals surface area contributed by atoms with E-state index in [0.29, 0.717) is 29.1 Å². The van der Waals surface area contributed by atoms with Gasteiger partial charge in [-0.1, -0.05) is 26.3 Å². The molecule has 0 bridgehead atoms. The lowest BCUT2D eigenvalue weighted by Crippen LogP contribution is -2.46. The van der Waals surface area contributed by atoms with E-state index < -0.39 is 8.32 Å². The van der Waals surface area contributed by atoms with Crippen LogP contribution in [0.5, 0.6) is 0 Å². The molecule has 0 aromatic heterocycles. The standard InChI is InChI=1S/C21H36O2Si/c1-15(13-16-8-9-17(22)14-16)18-10-11-19-20(23-24(3,4)5)7-6-12-21(18,19)2/h8-9,15-16,18-20H,6-7,10-14H2,1-5H3/t15-,16+,18-,19?,20?,21+/m1/s1. The molecule has 0 N–H and O–H groups in total. The molecule has 2 nitrogen and oxygen atoms in total. The first-order chi connectivity index (χ1) is 11.2. The summed E-state index contributed by atoms with van der Waals surface area (Å²) in [4.78, 5) is 11.5. The molecule has 2 saturated carbocycles. The van der Waals surface area contributed by atoms with Crippen molar-refractivity contribution in [3.05, 3.63) is 12.2 Å². The molecule has 3 heteroatoms. The Kier molecular flexibility index (Phi) is 5.14. The van der Waals surface area contributed by atoms with Crippen molar-refractivity contribution < 1.29 is 9.22 Å². The van der Waals surface area contributed by atoms with Gasteiger partial charge in [0.15, 0.2) is 14.1 Å². The van der Waals surface area contributed by atoms with Gasteiger partial charge in [-0.2, -0.15) is 0 Å². The molecule has 0 heterocycles. The van der Waals surface area contributed by atoms with Gasteiger partial charge in [0.1, 0.15) is 0 Å². The van der Waals surface area contributed by atoms with Crippen molar-refractivity contribution in [3.8, 4) is 0 Å². The number of rotatable bonds is 5. The zero-order valence-electron chi connectivity index (χ0n) is 16.3. The Hall–Kier alpha value is -0.413. The lowest BCUT2D eigenvalue weighted by molar-refractivity contribution is -0.114. The summed E-state index contributed by atoms with van der Waals surface area (Å²) in [6.07, 6.45) is 13.1. The third-order valence-electron chi connectivity index (χ3n) is 7.02. The highest BCUT2D eigenvalue weighted by Crippen LogP contribution is 2.59. The quantitative estimate of drug-likeness (QED) is 0.605. The summed E-state index contributed by atoms with van der Waals surface area (Å²) in [7, 11) is -1.47. The molecule has 0 aliphatic heterocycles. The zero-order chi connectivity index (χ0) is 17.5. The van der Waals surface area contributed by atoms with Gasteiger partial charge in [-0.25, -0.2) is 0 Å². The molecule has 3 rings (SSSR count). The Morgan fingerprint density at radius 3 is 2.67 bits per heavy atom. The summed E-state index contributed by atoms with van der Waals surface area (Å²) in [5.41, 5.74) is 0.453. The molecular formula is C21H36O2Si. The highest BCUT2D eigenvalue weighted by molar-refractivity contribution is 6.69. The predicted molar refractivity (Wildman–Crippen MR) is 102 cm³/mol. The van der Waals surface area contributed by atoms with Crippen LogP contribution in [-0.4, -0.2) is 20.2 Å². The summed E-state index contributed by atoms with van der Waals surface area (Å²) >= 11 is 0. The SMILES string of the molecule is C[C@H](C[C@@H]1C=CC(=O)C1)[C@H]1CCC2C(O[Si](C)(C)C)CCC[C@]21C. The molecule has 2 fully saturated rings. The van der Waals surface area contributed by atoms with Crippen LogP contribution in [0.25, 0.3) is 0 Å². The van der Waals surface area contributed by atoms with Crippen LogP contribution in [0.3, 0.4) is 0 Å². The molecular weight excluding hydrogens is 312 g/mol. The number of hydrogen-bond acceptors (Lipinski definition) is 2. The van der Waals surface area contributed by atoms with Gasteiger partial charge in [0.2, 0.25) is 0 Å². The lowest BCUT2D eigenvalue weighted by Gasteiger charge is -2.48. The number of allylic oxidation sites excluding steroid dienone is 2. The number of carbonyl (C=O) groups excluding carboxylic acids is 1. The normalized spacial score (nSPS) is 40.8. The fourth-order valence-electron chi connectivity index (χ4n) is 6.13. The van der Waals surface area contributed by atoms with Gasteiger partial charge in [-0.15, -0.1) is 0 Å². The predicted octanol–water partition coefficient (Wildman–Crippen LogP) is 5.59. The largest absolute Gasteiger partial charge is 0.414 e. The van der Waals surface area contributed by atoms with E-state index in [1.54, 1.807) is 6.08 Å². The number of ketones is 1. The maximum absolute atomic E-state index is 11.5. The average molecular weight is 349 g/mol. The van der Waals surface area contributed by atoms with Crippen molar-refractivity contribution in [2.75, 3.05) is 0 Å². The Balaban J connectivity index is 1.68. The second kappa shape index (κ2) is 6.72. The molecule has 0 radical (unpaired) electrons. The monoisotopic (exact) mass is 348 g/mol. The summed E-state index contributed by atoms with van der Waals surface area (Å²) in [6.45, 7) is 12.0. The summed E-state index contributed by atoms with van der Waals surface area (Å²) in [5, 5.41) is 0. The maximum atomic E-state index is 11.5. The third kappa shape index (κ3) is 3.72. The fraction of sp³-hybridized carbons (Fsp3) is 0.857. The highest BCUT2D eigenvalue weighted by atomic mass is 28.4. The summed E-state index contributed by atoms with van der Waals surface area (Å²) in [5.74, 6) is 3.09. The van der Waals surface area contributed by atoms with Crippen LogP contribution in [0.4, 0.5) is 0 Å². The van der Waals surface area contributed by atoms with Crippen molar-refractivity contribution in [3.63, 3.8) is 0 Å². The maximum Gasteiger partial charge on any atom is 0.184 e. The van der Waals surface area contributed by atoms with Crippen LogP contribution >= 0.6 is 0 Å². The van der Waals surface area contributed by atoms with E-state index in [1.165, 1.54) is 38.5 Å². The molecule has 136 valence electrons. The van der Waals surface area contributed by atoms with E-state index in [1.807, 2.05) is 0 Å². The minimum absolute atomic E-state index is 0.323. The molecule has 0 spiro atoms. The van der Waals surface area contributed by atoms with Crippen LogP contribution < -0.4 is 0 Å². The Morgan fingerprint density at radius 1 is 1.29 bits per heavy atom. The fourth-order valence-corrected chi connectivity index (χ4v) is 7.32. The van der Waals surface area contributed by atoms with Gasteiger partial charge < -0.3 is 4.43 Å². The van der Waals surface area contributed by atoms with Gasteiger partial charge in [-0.3, -0.25) is 4.79 Å². The smallest absolute Gasteiger partial charge is 0.184 e. The van der Waals surface area contributed by atoms with Gasteiger partial charge in [0.05, 0.1) is 0 Å². The van der Waals surface area contributed by atoms with E-state index in [0.717, 1.165) is 18.3 Å². The van der Waals surface area contributed by atoms with Gasteiger partial charge in [-0.05, 0) is 86.9 Å². The van der Waals surface area contributed by atoms with E-state index in [9.17, 15) is 4.79 Å². The van der Waals surface area contributed by atoms with E-state index >= 15 is 0 Å². The zero-order valence-corrected chi connectivity index (χ0v) is 17.3. The molecule has 2 unspecified atom stereocenters. The molecule has 3 aliphatic carbocycles. The van der Waals surface area contributed by atoms with Crippen LogP contribution in [0.15, 0.2) is 12.2 Å². The van der Waals surface area contributed by atoms with Crippen molar-refractivity contribution >= 4 is 14.1 Å². The average Bonchev–Trinajstić information content (AvgIpc) is 3.00. The lowest BCUT2D eigenvalue weighted by atomic mass is 9.61. The van der Waals surface area contributed by atoms with E-state index in [2.05, 4.69) is 39.6 Å². The summed E-state index contributed by atoms with van der Waals surface area (Å²) < 4.78 is 6.62. The first-order valence-electron chi connectivity index (χ1n) is 10.1. The molecule has 6 atom stereocenters. The minimum atomic E-state index is -1.47. The van der Waals surface area contributed by atoms with Crippen molar-refractivity contribution in [2.24, 2.45) is 29.1 Å². The molecule has 3 aliphatic rings. The van der Waals surface area contributed by atoms with Gasteiger partial charge in [0, 0.05) is 12.5 Å². The molecule has 0 aromatic carbocycles. The van der Waals surface area contributed by atoms with Crippen molar-refractivity contribution in [2.45, 2.75) is 84.5 Å². The topological polar surface area (TPSA) is 26.3 Å². The van der Waals surface area contributed by atoms with Crippen molar-refractivity contribution in [1.82, 2.24) is 0 Å². The molecule has 0 amide bonds. The molecule has 0 saturated heterocycles. The molecule has 0 aromatic rings. The Morgan fingerprint density at radius 2 is 2.04 bits per heavy atom. The van der Waals surface area contributed by atoms with Crippen molar-refractivity contribution in [1.29, 1.82) is 0 Å². The molecule has 24 heavy (non-hydrogen) atoms. The second-order valence-corrected chi connectivity index (χ2v) is 14.4. The highest BCUT2D eigenvalue weighted by Gasteiger charge is 2.53. The first-order valence-corrected chi connectivity index (χ1v) is 13.5. The van der Waals surface area contributed by atoms with E-state index in [-0.39, 0.29) is 0 Å². The summed E-state index contributed by atoms with van der Waals surface area (Å²) in [6, 6.07) is 0. The van der Waals surface area contributed by atoms with Crippen LogP contribution in [-0.2, 0) is 9.22 Å². The van der Waals surface area contributed by atoms with Crippen LogP contribution in [0.2, 0.25) is 19.6 Å². The minimum Gasteiger partial charge on any atom is -0.414 e. The van der Waals surface area contributed by atoms with E-state index in [4.69, 9.17) is 4.43 Å². The third-order valence-corrected chi connectivity index (χ3v) is 8.03. The number of fused-ring (bicyclic) bond motifs is 1.